The molecule has 0 aromatic heterocycles. The zero-order valence-corrected chi connectivity index (χ0v) is 16.4. The Hall–Kier alpha value is 0.245. The van der Waals surface area contributed by atoms with E-state index in [4.69, 9.17) is 0 Å². The first-order valence-corrected chi connectivity index (χ1v) is 6.51. The van der Waals surface area contributed by atoms with Gasteiger partial charge in [-0.1, -0.05) is 80.4 Å². The van der Waals surface area contributed by atoms with Crippen LogP contribution >= 0.6 is 0 Å². The van der Waals surface area contributed by atoms with E-state index in [1.165, 1.54) is 30.4 Å². The summed E-state index contributed by atoms with van der Waals surface area (Å²) < 4.78 is 0. The first kappa shape index (κ1) is 16.3. The standard InChI is InChI=1S/C17H20.Rb/c1-2-3-14-17(15-10-6-4-7-11-15)16-12-8-5-9-13-16;/h4-13,17H,2-3,14H2,1H3;. The van der Waals surface area contributed by atoms with Gasteiger partial charge in [0.05, 0.1) is 0 Å². The van der Waals surface area contributed by atoms with Crippen molar-refractivity contribution in [2.45, 2.75) is 32.1 Å². The summed E-state index contributed by atoms with van der Waals surface area (Å²) in [6, 6.07) is 21.7. The Morgan fingerprint density at radius 1 is 0.778 bits per heavy atom. The Labute approximate surface area is 160 Å². The van der Waals surface area contributed by atoms with Gasteiger partial charge >= 0.3 is 0 Å². The van der Waals surface area contributed by atoms with Crippen molar-refractivity contribution >= 4 is 58.2 Å². The molecular weight excluding hydrogens is 290 g/mol. The van der Waals surface area contributed by atoms with Crippen molar-refractivity contribution in [3.63, 3.8) is 0 Å². The Morgan fingerprint density at radius 3 is 1.61 bits per heavy atom. The van der Waals surface area contributed by atoms with Crippen LogP contribution in [-0.4, -0.2) is 58.2 Å². The summed E-state index contributed by atoms with van der Waals surface area (Å²) >= 11 is 0. The summed E-state index contributed by atoms with van der Waals surface area (Å²) in [6.45, 7) is 2.26. The van der Waals surface area contributed by atoms with Gasteiger partial charge in [0.2, 0.25) is 0 Å². The number of unbranched alkanes of at least 4 members (excludes halogenated alkanes) is 1. The van der Waals surface area contributed by atoms with Crippen molar-refractivity contribution in [3.05, 3.63) is 71.8 Å². The van der Waals surface area contributed by atoms with Crippen LogP contribution in [0.25, 0.3) is 0 Å². The molecule has 0 aliphatic rings. The largest absolute Gasteiger partial charge is 0.0654 e. The Morgan fingerprint density at radius 2 is 1.22 bits per heavy atom. The maximum absolute atomic E-state index is 2.26. The van der Waals surface area contributed by atoms with Gasteiger partial charge in [-0.25, -0.2) is 0 Å². The molecule has 2 rings (SSSR count). The molecule has 0 atom stereocenters. The van der Waals surface area contributed by atoms with Crippen LogP contribution < -0.4 is 0 Å². The predicted octanol–water partition coefficient (Wildman–Crippen LogP) is 4.63. The van der Waals surface area contributed by atoms with Gasteiger partial charge < -0.3 is 0 Å². The maximum Gasteiger partial charge on any atom is 0.00893 e. The molecule has 0 amide bonds. The van der Waals surface area contributed by atoms with Crippen molar-refractivity contribution in [3.8, 4) is 0 Å². The molecule has 18 heavy (non-hydrogen) atoms. The molecular formula is C17H20Rb. The molecule has 0 heterocycles. The summed E-state index contributed by atoms with van der Waals surface area (Å²) in [5.74, 6) is 0.553. The average Bonchev–Trinajstić information content (AvgIpc) is 2.42. The zero-order valence-electron chi connectivity index (χ0n) is 11.5. The van der Waals surface area contributed by atoms with Crippen LogP contribution in [-0.2, 0) is 0 Å². The molecule has 0 unspecified atom stereocenters. The van der Waals surface area contributed by atoms with Crippen molar-refractivity contribution < 1.29 is 0 Å². The molecule has 0 saturated heterocycles. The first-order valence-electron chi connectivity index (χ1n) is 6.51. The number of hydrogen-bond donors (Lipinski definition) is 0. The fourth-order valence-corrected chi connectivity index (χ4v) is 2.30. The van der Waals surface area contributed by atoms with Crippen LogP contribution in [0.4, 0.5) is 0 Å². The quantitative estimate of drug-likeness (QED) is 0.755. The summed E-state index contributed by atoms with van der Waals surface area (Å²) in [5.41, 5.74) is 2.87. The average molecular weight is 310 g/mol. The maximum atomic E-state index is 2.26. The summed E-state index contributed by atoms with van der Waals surface area (Å²) in [4.78, 5) is 0. The second kappa shape index (κ2) is 9.20. The second-order valence-corrected chi connectivity index (χ2v) is 4.52. The van der Waals surface area contributed by atoms with Crippen LogP contribution in [0, 0.1) is 0 Å². The van der Waals surface area contributed by atoms with Crippen LogP contribution in [0.2, 0.25) is 0 Å². The zero-order chi connectivity index (χ0) is 11.9. The van der Waals surface area contributed by atoms with Gasteiger partial charge in [0.25, 0.3) is 0 Å². The van der Waals surface area contributed by atoms with Crippen LogP contribution in [0.1, 0.15) is 43.2 Å². The van der Waals surface area contributed by atoms with Gasteiger partial charge in [0, 0.05) is 64.1 Å². The van der Waals surface area contributed by atoms with Gasteiger partial charge in [-0.05, 0) is 17.5 Å². The van der Waals surface area contributed by atoms with Gasteiger partial charge in [0.1, 0.15) is 0 Å². The fraction of sp³-hybridized carbons (Fsp3) is 0.294. The summed E-state index contributed by atoms with van der Waals surface area (Å²) in [5, 5.41) is 0. The van der Waals surface area contributed by atoms with Gasteiger partial charge in [-0.2, -0.15) is 0 Å². The monoisotopic (exact) mass is 309 g/mol. The fourth-order valence-electron chi connectivity index (χ4n) is 2.30. The predicted molar refractivity (Wildman–Crippen MR) is 80.0 cm³/mol. The van der Waals surface area contributed by atoms with E-state index < -0.39 is 0 Å². The molecule has 1 radical (unpaired) electrons. The Kier molecular flexibility index (Phi) is 8.33. The Balaban J connectivity index is 0.00000162. The molecule has 0 fully saturated rings. The van der Waals surface area contributed by atoms with Crippen molar-refractivity contribution in [2.75, 3.05) is 0 Å². The minimum absolute atomic E-state index is 0. The molecule has 2 aromatic rings. The molecule has 89 valence electrons. The summed E-state index contributed by atoms with van der Waals surface area (Å²) in [6.07, 6.45) is 3.79. The van der Waals surface area contributed by atoms with Gasteiger partial charge in [-0.15, -0.1) is 0 Å². The van der Waals surface area contributed by atoms with E-state index in [-0.39, 0.29) is 58.2 Å². The van der Waals surface area contributed by atoms with Crippen molar-refractivity contribution in [1.82, 2.24) is 0 Å². The third kappa shape index (κ3) is 4.73. The first-order chi connectivity index (χ1) is 8.42. The normalized spacial score (nSPS) is 10.1. The molecule has 0 nitrogen and oxygen atoms in total. The molecule has 0 spiro atoms. The van der Waals surface area contributed by atoms with Gasteiger partial charge in [0.15, 0.2) is 0 Å². The van der Waals surface area contributed by atoms with E-state index in [1.807, 2.05) is 0 Å². The van der Waals surface area contributed by atoms with Crippen LogP contribution in [0.15, 0.2) is 60.7 Å². The van der Waals surface area contributed by atoms with Gasteiger partial charge in [-0.3, -0.25) is 0 Å². The number of rotatable bonds is 5. The van der Waals surface area contributed by atoms with E-state index in [9.17, 15) is 0 Å². The van der Waals surface area contributed by atoms with E-state index in [1.54, 1.807) is 0 Å². The smallest absolute Gasteiger partial charge is 0.00893 e. The van der Waals surface area contributed by atoms with Crippen molar-refractivity contribution in [2.24, 2.45) is 0 Å². The molecule has 0 bridgehead atoms. The Bertz CT molecular complexity index is 382. The van der Waals surface area contributed by atoms with Crippen LogP contribution in [0.3, 0.4) is 0 Å². The molecule has 0 aliphatic heterocycles. The second-order valence-electron chi connectivity index (χ2n) is 4.52. The SMILES string of the molecule is CCCCC(c1ccccc1)c1ccccc1.[Rb]. The van der Waals surface area contributed by atoms with E-state index in [2.05, 4.69) is 67.6 Å². The minimum Gasteiger partial charge on any atom is -0.0654 e. The summed E-state index contributed by atoms with van der Waals surface area (Å²) in [7, 11) is 0. The molecule has 0 aliphatic carbocycles. The third-order valence-electron chi connectivity index (χ3n) is 3.25. The molecule has 2 aromatic carbocycles. The van der Waals surface area contributed by atoms with E-state index in [0.29, 0.717) is 5.92 Å². The number of benzene rings is 2. The van der Waals surface area contributed by atoms with Crippen LogP contribution in [0.5, 0.6) is 0 Å². The number of hydrogen-bond acceptors (Lipinski definition) is 0. The molecule has 0 N–H and O–H groups in total. The van der Waals surface area contributed by atoms with Crippen molar-refractivity contribution in [1.29, 1.82) is 0 Å². The third-order valence-corrected chi connectivity index (χ3v) is 3.25. The molecule has 0 saturated carbocycles. The topological polar surface area (TPSA) is 0 Å². The molecule has 1 heteroatoms. The minimum atomic E-state index is 0. The van der Waals surface area contributed by atoms with E-state index >= 15 is 0 Å². The van der Waals surface area contributed by atoms with E-state index in [0.717, 1.165) is 0 Å².